The molecule has 0 aromatic carbocycles. The van der Waals surface area contributed by atoms with E-state index < -0.39 is 0 Å². The van der Waals surface area contributed by atoms with Crippen molar-refractivity contribution < 1.29 is 13.9 Å². The zero-order chi connectivity index (χ0) is 13.4. The minimum absolute atomic E-state index is 0.322. The number of likely N-dealkylation sites (tertiary alicyclic amines) is 1. The molecule has 0 radical (unpaired) electrons. The van der Waals surface area contributed by atoms with Crippen molar-refractivity contribution in [1.29, 1.82) is 0 Å². The maximum atomic E-state index is 11.6. The van der Waals surface area contributed by atoms with E-state index in [1.165, 1.54) is 7.11 Å². The first-order valence-corrected chi connectivity index (χ1v) is 6.80. The number of hydrogen-bond donors (Lipinski definition) is 1. The van der Waals surface area contributed by atoms with E-state index in [1.807, 2.05) is 0 Å². The van der Waals surface area contributed by atoms with Crippen LogP contribution in [0.3, 0.4) is 0 Å². The zero-order valence-electron chi connectivity index (χ0n) is 11.4. The van der Waals surface area contributed by atoms with Gasteiger partial charge in [0.1, 0.15) is 11.3 Å². The van der Waals surface area contributed by atoms with Gasteiger partial charge >= 0.3 is 5.97 Å². The van der Waals surface area contributed by atoms with Gasteiger partial charge in [-0.05, 0) is 37.9 Å². The first-order chi connectivity index (χ1) is 9.20. The van der Waals surface area contributed by atoms with Gasteiger partial charge in [-0.15, -0.1) is 0 Å². The van der Waals surface area contributed by atoms with E-state index in [0.717, 1.165) is 31.5 Å². The number of esters is 1. The van der Waals surface area contributed by atoms with Gasteiger partial charge in [-0.25, -0.2) is 4.79 Å². The Kier molecular flexibility index (Phi) is 3.33. The van der Waals surface area contributed by atoms with E-state index >= 15 is 0 Å². The predicted molar refractivity (Wildman–Crippen MR) is 69.8 cm³/mol. The Morgan fingerprint density at radius 1 is 1.58 bits per heavy atom. The number of fused-ring (bicyclic) bond motifs is 1. The second kappa shape index (κ2) is 4.98. The van der Waals surface area contributed by atoms with Gasteiger partial charge in [0.2, 0.25) is 0 Å². The number of furan rings is 1. The maximum Gasteiger partial charge on any atom is 0.341 e. The molecule has 0 bridgehead atoms. The van der Waals surface area contributed by atoms with E-state index in [-0.39, 0.29) is 5.97 Å². The number of methoxy groups -OCH3 is 1. The second-order valence-electron chi connectivity index (χ2n) is 5.50. The van der Waals surface area contributed by atoms with Crippen LogP contribution in [-0.4, -0.2) is 43.7 Å². The number of carbonyl (C=O) groups is 1. The van der Waals surface area contributed by atoms with Crippen molar-refractivity contribution in [1.82, 2.24) is 10.2 Å². The fourth-order valence-corrected chi connectivity index (χ4v) is 3.40. The van der Waals surface area contributed by atoms with Crippen LogP contribution in [-0.2, 0) is 11.3 Å². The minimum Gasteiger partial charge on any atom is -0.467 e. The molecule has 5 heteroatoms. The summed E-state index contributed by atoms with van der Waals surface area (Å²) in [4.78, 5) is 14.0. The summed E-state index contributed by atoms with van der Waals surface area (Å²) in [5.41, 5.74) is 0.546. The van der Waals surface area contributed by atoms with E-state index in [2.05, 4.69) is 17.1 Å². The number of nitrogens with one attached hydrogen (secondary N) is 1. The standard InChI is InChI=1S/C14H20N2O3/c1-9-12-6-15-5-10(12)7-16(9)8-13-11(3-4-19-13)14(17)18-2/h3-4,9-10,12,15H,5-8H2,1-2H3. The summed E-state index contributed by atoms with van der Waals surface area (Å²) in [6, 6.07) is 2.21. The summed E-state index contributed by atoms with van der Waals surface area (Å²) in [5.74, 6) is 1.84. The van der Waals surface area contributed by atoms with Gasteiger partial charge in [0.15, 0.2) is 0 Å². The summed E-state index contributed by atoms with van der Waals surface area (Å²) >= 11 is 0. The number of carbonyl (C=O) groups excluding carboxylic acids is 1. The van der Waals surface area contributed by atoms with Crippen molar-refractivity contribution in [2.75, 3.05) is 26.7 Å². The van der Waals surface area contributed by atoms with Crippen molar-refractivity contribution in [2.24, 2.45) is 11.8 Å². The first-order valence-electron chi connectivity index (χ1n) is 6.80. The number of ether oxygens (including phenoxy) is 1. The molecule has 3 rings (SSSR count). The van der Waals surface area contributed by atoms with Crippen LogP contribution in [0.25, 0.3) is 0 Å². The SMILES string of the molecule is COC(=O)c1ccoc1CN1CC2CNCC2C1C. The van der Waals surface area contributed by atoms with Gasteiger partial charge in [-0.3, -0.25) is 4.90 Å². The summed E-state index contributed by atoms with van der Waals surface area (Å²) in [7, 11) is 1.40. The fraction of sp³-hybridized carbons (Fsp3) is 0.643. The smallest absolute Gasteiger partial charge is 0.341 e. The van der Waals surface area contributed by atoms with Gasteiger partial charge in [-0.1, -0.05) is 0 Å². The average Bonchev–Trinajstić information content (AvgIpc) is 3.09. The van der Waals surface area contributed by atoms with E-state index in [0.29, 0.717) is 23.9 Å². The molecule has 1 aromatic rings. The summed E-state index contributed by atoms with van der Waals surface area (Å²) in [6.07, 6.45) is 1.56. The van der Waals surface area contributed by atoms with Crippen molar-refractivity contribution in [2.45, 2.75) is 19.5 Å². The molecular formula is C14H20N2O3. The molecule has 2 aliphatic rings. The van der Waals surface area contributed by atoms with Gasteiger partial charge in [0, 0.05) is 12.6 Å². The predicted octanol–water partition coefficient (Wildman–Crippen LogP) is 1.11. The van der Waals surface area contributed by atoms with Crippen LogP contribution in [0, 0.1) is 11.8 Å². The molecule has 3 unspecified atom stereocenters. The molecule has 0 aliphatic carbocycles. The second-order valence-corrected chi connectivity index (χ2v) is 5.50. The molecule has 1 aromatic heterocycles. The van der Waals surface area contributed by atoms with Crippen LogP contribution in [0.15, 0.2) is 16.7 Å². The van der Waals surface area contributed by atoms with Crippen LogP contribution in [0.5, 0.6) is 0 Å². The highest BCUT2D eigenvalue weighted by molar-refractivity contribution is 5.90. The highest BCUT2D eigenvalue weighted by Crippen LogP contribution is 2.33. The molecule has 3 heterocycles. The van der Waals surface area contributed by atoms with Crippen LogP contribution >= 0.6 is 0 Å². The summed E-state index contributed by atoms with van der Waals surface area (Å²) < 4.78 is 10.2. The van der Waals surface area contributed by atoms with Gasteiger partial charge in [0.05, 0.1) is 19.9 Å². The van der Waals surface area contributed by atoms with Crippen LogP contribution in [0.1, 0.15) is 23.0 Å². The lowest BCUT2D eigenvalue weighted by atomic mass is 9.95. The van der Waals surface area contributed by atoms with Crippen LogP contribution in [0.4, 0.5) is 0 Å². The van der Waals surface area contributed by atoms with Crippen LogP contribution < -0.4 is 5.32 Å². The lowest BCUT2D eigenvalue weighted by molar-refractivity contribution is 0.0596. The Hall–Kier alpha value is -1.33. The topological polar surface area (TPSA) is 54.7 Å². The molecule has 2 aliphatic heterocycles. The fourth-order valence-electron chi connectivity index (χ4n) is 3.40. The minimum atomic E-state index is -0.322. The molecule has 2 saturated heterocycles. The van der Waals surface area contributed by atoms with Crippen molar-refractivity contribution in [3.05, 3.63) is 23.7 Å². The molecule has 19 heavy (non-hydrogen) atoms. The number of hydrogen-bond acceptors (Lipinski definition) is 5. The molecule has 0 spiro atoms. The third-order valence-electron chi connectivity index (χ3n) is 4.55. The molecular weight excluding hydrogens is 244 g/mol. The highest BCUT2D eigenvalue weighted by atomic mass is 16.5. The molecule has 2 fully saturated rings. The lowest BCUT2D eigenvalue weighted by Gasteiger charge is -2.23. The Bertz CT molecular complexity index is 471. The molecule has 1 N–H and O–H groups in total. The van der Waals surface area contributed by atoms with E-state index in [4.69, 9.17) is 9.15 Å². The van der Waals surface area contributed by atoms with Crippen molar-refractivity contribution in [3.63, 3.8) is 0 Å². The zero-order valence-corrected chi connectivity index (χ0v) is 11.4. The molecule has 104 valence electrons. The third kappa shape index (κ3) is 2.17. The Labute approximate surface area is 112 Å². The van der Waals surface area contributed by atoms with Crippen molar-refractivity contribution >= 4 is 5.97 Å². The summed E-state index contributed by atoms with van der Waals surface area (Å²) in [5, 5.41) is 3.45. The third-order valence-corrected chi connectivity index (χ3v) is 4.55. The number of rotatable bonds is 3. The van der Waals surface area contributed by atoms with Gasteiger partial charge in [-0.2, -0.15) is 0 Å². The first kappa shape index (κ1) is 12.7. The maximum absolute atomic E-state index is 11.6. The Morgan fingerprint density at radius 2 is 2.42 bits per heavy atom. The summed E-state index contributed by atoms with van der Waals surface area (Å²) in [6.45, 7) is 6.22. The quantitative estimate of drug-likeness (QED) is 0.829. The largest absolute Gasteiger partial charge is 0.467 e. The Balaban J connectivity index is 1.72. The van der Waals surface area contributed by atoms with Gasteiger partial charge < -0.3 is 14.5 Å². The van der Waals surface area contributed by atoms with Gasteiger partial charge in [0.25, 0.3) is 0 Å². The van der Waals surface area contributed by atoms with Crippen LogP contribution in [0.2, 0.25) is 0 Å². The monoisotopic (exact) mass is 264 g/mol. The normalized spacial score (nSPS) is 30.5. The molecule has 5 nitrogen and oxygen atoms in total. The Morgan fingerprint density at radius 3 is 3.16 bits per heavy atom. The van der Waals surface area contributed by atoms with E-state index in [9.17, 15) is 4.79 Å². The molecule has 3 atom stereocenters. The molecule has 0 saturated carbocycles. The highest BCUT2D eigenvalue weighted by Gasteiger charge is 2.42. The van der Waals surface area contributed by atoms with E-state index in [1.54, 1.807) is 12.3 Å². The lowest BCUT2D eigenvalue weighted by Crippen LogP contribution is -2.33. The molecule has 0 amide bonds. The average molecular weight is 264 g/mol. The number of nitrogens with zero attached hydrogens (tertiary/aromatic N) is 1. The van der Waals surface area contributed by atoms with Crippen molar-refractivity contribution in [3.8, 4) is 0 Å².